The summed E-state index contributed by atoms with van der Waals surface area (Å²) in [6, 6.07) is 1.63. The van der Waals surface area contributed by atoms with Crippen molar-refractivity contribution < 1.29 is 9.63 Å². The van der Waals surface area contributed by atoms with Crippen LogP contribution in [0.25, 0.3) is 0 Å². The zero-order valence-electron chi connectivity index (χ0n) is 5.53. The Morgan fingerprint density at radius 2 is 2.60 bits per heavy atom. The van der Waals surface area contributed by atoms with Gasteiger partial charge in [-0.1, -0.05) is 5.16 Å². The van der Waals surface area contributed by atoms with Gasteiger partial charge >= 0.3 is 0 Å². The molecule has 0 spiro atoms. The molecule has 1 aromatic heterocycles. The number of hydrogen-bond acceptors (Lipinski definition) is 4. The zero-order chi connectivity index (χ0) is 7.40. The molecule has 0 saturated heterocycles. The molecule has 56 valence electrons. The van der Waals surface area contributed by atoms with Crippen LogP contribution in [-0.4, -0.2) is 16.8 Å². The van der Waals surface area contributed by atoms with Gasteiger partial charge < -0.3 is 15.4 Å². The molecule has 0 aliphatic heterocycles. The number of nitrogens with two attached hydrogens (primary N) is 1. The normalized spacial score (nSPS) is 13.4. The van der Waals surface area contributed by atoms with Crippen molar-refractivity contribution in [1.82, 2.24) is 5.16 Å². The second-order valence-electron chi connectivity index (χ2n) is 2.02. The highest BCUT2D eigenvalue weighted by molar-refractivity contribution is 4.99. The molecule has 3 N–H and O–H groups in total. The molecule has 1 heterocycles. The van der Waals surface area contributed by atoms with Gasteiger partial charge in [0.15, 0.2) is 0 Å². The highest BCUT2D eigenvalue weighted by Gasteiger charge is 2.07. The summed E-state index contributed by atoms with van der Waals surface area (Å²) < 4.78 is 4.53. The Kier molecular flexibility index (Phi) is 2.42. The number of hydrogen-bond donors (Lipinski definition) is 2. The molecule has 0 fully saturated rings. The highest BCUT2D eigenvalue weighted by atomic mass is 16.5. The Morgan fingerprint density at radius 1 is 1.80 bits per heavy atom. The van der Waals surface area contributed by atoms with E-state index in [1.165, 1.54) is 6.26 Å². The minimum absolute atomic E-state index is 0.452. The molecule has 0 aliphatic rings. The van der Waals surface area contributed by atoms with Crippen LogP contribution in [0.3, 0.4) is 0 Å². The highest BCUT2D eigenvalue weighted by Crippen LogP contribution is 2.11. The average Bonchev–Trinajstić information content (AvgIpc) is 2.38. The summed E-state index contributed by atoms with van der Waals surface area (Å²) in [4.78, 5) is 0. The van der Waals surface area contributed by atoms with Gasteiger partial charge in [-0.25, -0.2) is 0 Å². The van der Waals surface area contributed by atoms with Crippen LogP contribution in [-0.2, 0) is 0 Å². The number of nitrogens with zero attached hydrogens (tertiary/aromatic N) is 1. The maximum Gasteiger partial charge on any atom is 0.124 e. The maximum atomic E-state index is 9.21. The Labute approximate surface area is 58.6 Å². The Bertz CT molecular complexity index is 174. The van der Waals surface area contributed by atoms with Crippen molar-refractivity contribution in [3.8, 4) is 0 Å². The first-order valence-corrected chi connectivity index (χ1v) is 3.13. The van der Waals surface area contributed by atoms with Gasteiger partial charge in [0.1, 0.15) is 18.1 Å². The standard InChI is InChI=1S/C6H10N2O2/c7-3-1-6(9)5-2-4-10-8-5/h2,4,6,9H,1,3,7H2. The van der Waals surface area contributed by atoms with E-state index in [9.17, 15) is 5.11 Å². The lowest BCUT2D eigenvalue weighted by Gasteiger charge is -2.02. The monoisotopic (exact) mass is 142 g/mol. The minimum Gasteiger partial charge on any atom is -0.387 e. The molecule has 0 aliphatic carbocycles. The summed E-state index contributed by atoms with van der Waals surface area (Å²) in [5.41, 5.74) is 5.76. The van der Waals surface area contributed by atoms with E-state index in [1.807, 2.05) is 0 Å². The van der Waals surface area contributed by atoms with Crippen LogP contribution in [0.15, 0.2) is 16.9 Å². The van der Waals surface area contributed by atoms with Crippen LogP contribution in [0, 0.1) is 0 Å². The first kappa shape index (κ1) is 7.24. The molecule has 0 radical (unpaired) electrons. The fourth-order valence-electron chi connectivity index (χ4n) is 0.700. The van der Waals surface area contributed by atoms with Crippen molar-refractivity contribution in [2.24, 2.45) is 5.73 Å². The van der Waals surface area contributed by atoms with Gasteiger partial charge in [0.05, 0.1) is 0 Å². The SMILES string of the molecule is NCCC(O)c1ccon1. The lowest BCUT2D eigenvalue weighted by Crippen LogP contribution is -2.06. The summed E-state index contributed by atoms with van der Waals surface area (Å²) in [5.74, 6) is 0. The first-order chi connectivity index (χ1) is 4.84. The third-order valence-electron chi connectivity index (χ3n) is 1.24. The summed E-state index contributed by atoms with van der Waals surface area (Å²) >= 11 is 0. The number of aromatic nitrogens is 1. The average molecular weight is 142 g/mol. The van der Waals surface area contributed by atoms with E-state index in [-0.39, 0.29) is 0 Å². The molecule has 1 atom stereocenters. The van der Waals surface area contributed by atoms with Gasteiger partial charge in [-0.2, -0.15) is 0 Å². The summed E-state index contributed by atoms with van der Waals surface area (Å²) in [7, 11) is 0. The van der Waals surface area contributed by atoms with Crippen LogP contribution >= 0.6 is 0 Å². The maximum absolute atomic E-state index is 9.21. The van der Waals surface area contributed by atoms with Crippen molar-refractivity contribution in [1.29, 1.82) is 0 Å². The molecule has 1 aromatic rings. The van der Waals surface area contributed by atoms with Crippen LogP contribution < -0.4 is 5.73 Å². The van der Waals surface area contributed by atoms with Gasteiger partial charge in [-0.3, -0.25) is 0 Å². The molecule has 10 heavy (non-hydrogen) atoms. The van der Waals surface area contributed by atoms with E-state index in [0.29, 0.717) is 18.7 Å². The van der Waals surface area contributed by atoms with E-state index in [1.54, 1.807) is 6.07 Å². The Morgan fingerprint density at radius 3 is 3.10 bits per heavy atom. The van der Waals surface area contributed by atoms with Crippen LogP contribution in [0.4, 0.5) is 0 Å². The zero-order valence-corrected chi connectivity index (χ0v) is 5.53. The largest absolute Gasteiger partial charge is 0.387 e. The molecule has 0 amide bonds. The predicted molar refractivity (Wildman–Crippen MR) is 35.1 cm³/mol. The molecular weight excluding hydrogens is 132 g/mol. The van der Waals surface area contributed by atoms with Gasteiger partial charge in [0.25, 0.3) is 0 Å². The summed E-state index contributed by atoms with van der Waals surface area (Å²) in [6.07, 6.45) is 1.37. The van der Waals surface area contributed by atoms with Crippen molar-refractivity contribution in [3.63, 3.8) is 0 Å². The molecular formula is C6H10N2O2. The number of aliphatic hydroxyl groups is 1. The van der Waals surface area contributed by atoms with Gasteiger partial charge in [0, 0.05) is 6.07 Å². The van der Waals surface area contributed by atoms with E-state index in [4.69, 9.17) is 5.73 Å². The Balaban J connectivity index is 2.50. The fraction of sp³-hybridized carbons (Fsp3) is 0.500. The lowest BCUT2D eigenvalue weighted by molar-refractivity contribution is 0.160. The topological polar surface area (TPSA) is 72.3 Å². The third-order valence-corrected chi connectivity index (χ3v) is 1.24. The third kappa shape index (κ3) is 1.55. The van der Waals surface area contributed by atoms with Gasteiger partial charge in [-0.05, 0) is 13.0 Å². The van der Waals surface area contributed by atoms with Crippen molar-refractivity contribution >= 4 is 0 Å². The number of rotatable bonds is 3. The first-order valence-electron chi connectivity index (χ1n) is 3.13. The van der Waals surface area contributed by atoms with Crippen molar-refractivity contribution in [2.45, 2.75) is 12.5 Å². The van der Waals surface area contributed by atoms with Crippen molar-refractivity contribution in [3.05, 3.63) is 18.0 Å². The van der Waals surface area contributed by atoms with E-state index in [0.717, 1.165) is 0 Å². The molecule has 0 bridgehead atoms. The molecule has 0 saturated carbocycles. The Hall–Kier alpha value is -0.870. The van der Waals surface area contributed by atoms with Crippen molar-refractivity contribution in [2.75, 3.05) is 6.54 Å². The molecule has 4 heteroatoms. The van der Waals surface area contributed by atoms with Crippen LogP contribution in [0.1, 0.15) is 18.2 Å². The number of aliphatic hydroxyl groups excluding tert-OH is 1. The second-order valence-corrected chi connectivity index (χ2v) is 2.02. The van der Waals surface area contributed by atoms with Gasteiger partial charge in [0.2, 0.25) is 0 Å². The predicted octanol–water partition coefficient (Wildman–Crippen LogP) is 0.0568. The van der Waals surface area contributed by atoms with E-state index < -0.39 is 6.10 Å². The molecule has 1 rings (SSSR count). The molecule has 4 nitrogen and oxygen atoms in total. The van der Waals surface area contributed by atoms with Gasteiger partial charge in [-0.15, -0.1) is 0 Å². The summed E-state index contributed by atoms with van der Waals surface area (Å²) in [6.45, 7) is 0.452. The molecule has 1 unspecified atom stereocenters. The van der Waals surface area contributed by atoms with Crippen LogP contribution in [0.5, 0.6) is 0 Å². The van der Waals surface area contributed by atoms with Crippen LogP contribution in [0.2, 0.25) is 0 Å². The lowest BCUT2D eigenvalue weighted by atomic mass is 10.2. The second kappa shape index (κ2) is 3.34. The fourth-order valence-corrected chi connectivity index (χ4v) is 0.700. The summed E-state index contributed by atoms with van der Waals surface area (Å²) in [5, 5.41) is 12.8. The quantitative estimate of drug-likeness (QED) is 0.625. The van der Waals surface area contributed by atoms with E-state index >= 15 is 0 Å². The molecule has 0 aromatic carbocycles. The minimum atomic E-state index is -0.580. The van der Waals surface area contributed by atoms with E-state index in [2.05, 4.69) is 9.68 Å². The smallest absolute Gasteiger partial charge is 0.124 e.